The second kappa shape index (κ2) is 8.14. The van der Waals surface area contributed by atoms with Crippen molar-refractivity contribution in [2.45, 2.75) is 35.3 Å². The molecule has 1 heterocycles. The molecule has 9 heteroatoms. The molecule has 0 saturated carbocycles. The molecule has 2 amide bonds. The summed E-state index contributed by atoms with van der Waals surface area (Å²) in [7, 11) is -3.75. The van der Waals surface area contributed by atoms with E-state index >= 15 is 0 Å². The lowest BCUT2D eigenvalue weighted by Crippen LogP contribution is -2.25. The molecule has 0 saturated heterocycles. The molecule has 6 nitrogen and oxygen atoms in total. The summed E-state index contributed by atoms with van der Waals surface area (Å²) >= 11 is 7.46. The van der Waals surface area contributed by atoms with Crippen molar-refractivity contribution >= 4 is 56.4 Å². The van der Waals surface area contributed by atoms with Gasteiger partial charge in [0, 0.05) is 11.3 Å². The summed E-state index contributed by atoms with van der Waals surface area (Å²) in [5, 5.41) is 4.78. The summed E-state index contributed by atoms with van der Waals surface area (Å²) in [6.45, 7) is 3.37. The second-order valence-corrected chi connectivity index (χ2v) is 10.4. The first-order chi connectivity index (χ1) is 13.2. The van der Waals surface area contributed by atoms with E-state index in [1.54, 1.807) is 24.3 Å². The zero-order valence-electron chi connectivity index (χ0n) is 15.3. The van der Waals surface area contributed by atoms with Gasteiger partial charge in [0.25, 0.3) is 0 Å². The molecule has 0 spiro atoms. The molecule has 148 valence electrons. The van der Waals surface area contributed by atoms with Gasteiger partial charge in [0.1, 0.15) is 0 Å². The largest absolute Gasteiger partial charge is 0.325 e. The van der Waals surface area contributed by atoms with E-state index in [1.165, 1.54) is 30.8 Å². The average molecular weight is 439 g/mol. The van der Waals surface area contributed by atoms with Gasteiger partial charge in [0.05, 0.1) is 32.3 Å². The van der Waals surface area contributed by atoms with Crippen LogP contribution in [0.5, 0.6) is 0 Å². The lowest BCUT2D eigenvalue weighted by atomic mass is 10.2. The number of carbonyl (C=O) groups is 2. The number of fused-ring (bicyclic) bond motifs is 1. The van der Waals surface area contributed by atoms with Gasteiger partial charge in [-0.05, 0) is 49.7 Å². The Hall–Kier alpha value is -2.03. The minimum atomic E-state index is -3.75. The van der Waals surface area contributed by atoms with Crippen LogP contribution >= 0.6 is 23.4 Å². The third kappa shape index (κ3) is 4.51. The number of amides is 2. The predicted molar refractivity (Wildman–Crippen MR) is 112 cm³/mol. The Labute approximate surface area is 173 Å². The van der Waals surface area contributed by atoms with Crippen molar-refractivity contribution in [3.05, 3.63) is 47.0 Å². The van der Waals surface area contributed by atoms with Crippen LogP contribution in [0.3, 0.4) is 0 Å². The third-order valence-corrected chi connectivity index (χ3v) is 7.84. The quantitative estimate of drug-likeness (QED) is 0.738. The van der Waals surface area contributed by atoms with Crippen LogP contribution in [0, 0.1) is 6.92 Å². The SMILES string of the molecule is Cc1ccc(NC(=O)C[C@H](C)S(=O)(=O)c2ccc3c(c2)NC(=O)CS3)c(Cl)c1. The summed E-state index contributed by atoms with van der Waals surface area (Å²) in [6, 6.07) is 9.82. The van der Waals surface area contributed by atoms with Crippen LogP contribution in [-0.2, 0) is 19.4 Å². The van der Waals surface area contributed by atoms with E-state index in [0.717, 1.165) is 10.5 Å². The maximum Gasteiger partial charge on any atom is 0.234 e. The lowest BCUT2D eigenvalue weighted by Gasteiger charge is -2.19. The van der Waals surface area contributed by atoms with Crippen LogP contribution < -0.4 is 10.6 Å². The van der Waals surface area contributed by atoms with Crippen LogP contribution in [0.2, 0.25) is 5.02 Å². The fourth-order valence-corrected chi connectivity index (χ4v) is 5.21. The van der Waals surface area contributed by atoms with E-state index in [9.17, 15) is 18.0 Å². The minimum absolute atomic E-state index is 0.0720. The highest BCUT2D eigenvalue weighted by atomic mass is 35.5. The van der Waals surface area contributed by atoms with Crippen molar-refractivity contribution < 1.29 is 18.0 Å². The third-order valence-electron chi connectivity index (χ3n) is 4.31. The van der Waals surface area contributed by atoms with E-state index in [1.807, 2.05) is 6.92 Å². The fraction of sp³-hybridized carbons (Fsp3) is 0.263. The normalized spacial score (nSPS) is 14.8. The molecule has 1 aliphatic heterocycles. The van der Waals surface area contributed by atoms with Crippen molar-refractivity contribution in [1.29, 1.82) is 0 Å². The zero-order valence-corrected chi connectivity index (χ0v) is 17.7. The van der Waals surface area contributed by atoms with E-state index in [4.69, 9.17) is 11.6 Å². The number of benzene rings is 2. The van der Waals surface area contributed by atoms with Gasteiger partial charge in [-0.15, -0.1) is 11.8 Å². The monoisotopic (exact) mass is 438 g/mol. The van der Waals surface area contributed by atoms with Gasteiger partial charge in [0.15, 0.2) is 9.84 Å². The maximum absolute atomic E-state index is 12.9. The van der Waals surface area contributed by atoms with Gasteiger partial charge in [-0.2, -0.15) is 0 Å². The molecule has 28 heavy (non-hydrogen) atoms. The van der Waals surface area contributed by atoms with Gasteiger partial charge >= 0.3 is 0 Å². The van der Waals surface area contributed by atoms with Crippen molar-refractivity contribution in [2.75, 3.05) is 16.4 Å². The number of hydrogen-bond acceptors (Lipinski definition) is 5. The van der Waals surface area contributed by atoms with Gasteiger partial charge in [-0.25, -0.2) is 8.42 Å². The van der Waals surface area contributed by atoms with Gasteiger partial charge < -0.3 is 10.6 Å². The van der Waals surface area contributed by atoms with E-state index in [2.05, 4.69) is 10.6 Å². The topological polar surface area (TPSA) is 92.3 Å². The van der Waals surface area contributed by atoms with E-state index < -0.39 is 21.0 Å². The van der Waals surface area contributed by atoms with Crippen molar-refractivity contribution in [3.63, 3.8) is 0 Å². The van der Waals surface area contributed by atoms with Crippen LogP contribution in [0.1, 0.15) is 18.9 Å². The molecule has 0 unspecified atom stereocenters. The number of nitrogens with one attached hydrogen (secondary N) is 2. The number of carbonyl (C=O) groups excluding carboxylic acids is 2. The van der Waals surface area contributed by atoms with Crippen molar-refractivity contribution in [1.82, 2.24) is 0 Å². The predicted octanol–water partition coefficient (Wildman–Crippen LogP) is 3.88. The highest BCUT2D eigenvalue weighted by Gasteiger charge is 2.27. The number of aryl methyl sites for hydroxylation is 1. The van der Waals surface area contributed by atoms with Gasteiger partial charge in [0.2, 0.25) is 11.8 Å². The summed E-state index contributed by atoms with van der Waals surface area (Å²) in [6.07, 6.45) is -0.218. The highest BCUT2D eigenvalue weighted by molar-refractivity contribution is 8.00. The molecule has 1 aliphatic rings. The highest BCUT2D eigenvalue weighted by Crippen LogP contribution is 2.34. The second-order valence-electron chi connectivity index (χ2n) is 6.59. The number of anilines is 2. The first-order valence-corrected chi connectivity index (χ1v) is 11.4. The molecule has 2 aromatic rings. The Morgan fingerprint density at radius 3 is 2.75 bits per heavy atom. The molecule has 2 N–H and O–H groups in total. The lowest BCUT2D eigenvalue weighted by molar-refractivity contribution is -0.116. The summed E-state index contributed by atoms with van der Waals surface area (Å²) in [4.78, 5) is 24.8. The maximum atomic E-state index is 12.9. The molecule has 0 radical (unpaired) electrons. The first kappa shape index (κ1) is 20.7. The van der Waals surface area contributed by atoms with E-state index in [-0.39, 0.29) is 17.2 Å². The Bertz CT molecular complexity index is 1050. The van der Waals surface area contributed by atoms with E-state index in [0.29, 0.717) is 22.2 Å². The Morgan fingerprint density at radius 1 is 1.29 bits per heavy atom. The summed E-state index contributed by atoms with van der Waals surface area (Å²) in [5.41, 5.74) is 1.87. The molecule has 0 fully saturated rings. The molecule has 0 aromatic heterocycles. The summed E-state index contributed by atoms with van der Waals surface area (Å²) < 4.78 is 25.7. The van der Waals surface area contributed by atoms with Gasteiger partial charge in [-0.1, -0.05) is 17.7 Å². The minimum Gasteiger partial charge on any atom is -0.325 e. The molecule has 0 aliphatic carbocycles. The summed E-state index contributed by atoms with van der Waals surface area (Å²) in [5.74, 6) is -0.310. The van der Waals surface area contributed by atoms with Crippen molar-refractivity contribution in [2.24, 2.45) is 0 Å². The molecular weight excluding hydrogens is 420 g/mol. The van der Waals surface area contributed by atoms with Crippen LogP contribution in [0.4, 0.5) is 11.4 Å². The Balaban J connectivity index is 1.74. The number of hydrogen-bond donors (Lipinski definition) is 2. The Morgan fingerprint density at radius 2 is 2.04 bits per heavy atom. The van der Waals surface area contributed by atoms with Crippen LogP contribution in [0.15, 0.2) is 46.2 Å². The molecule has 0 bridgehead atoms. The first-order valence-electron chi connectivity index (χ1n) is 8.53. The fourth-order valence-electron chi connectivity index (χ4n) is 2.77. The number of halogens is 1. The zero-order chi connectivity index (χ0) is 20.5. The van der Waals surface area contributed by atoms with Crippen molar-refractivity contribution in [3.8, 4) is 0 Å². The van der Waals surface area contributed by atoms with Gasteiger partial charge in [-0.3, -0.25) is 9.59 Å². The number of sulfone groups is 1. The van der Waals surface area contributed by atoms with Crippen LogP contribution in [0.25, 0.3) is 0 Å². The number of rotatable bonds is 5. The average Bonchev–Trinajstić information content (AvgIpc) is 2.63. The smallest absolute Gasteiger partial charge is 0.234 e. The Kier molecular flexibility index (Phi) is 6.02. The molecule has 2 aromatic carbocycles. The standard InChI is InChI=1S/C19H19ClN2O4S2/c1-11-3-5-15(14(20)7-11)21-18(23)8-12(2)28(25,26)13-4-6-17-16(9-13)22-19(24)10-27-17/h3-7,9,12H,8,10H2,1-2H3,(H,21,23)(H,22,24)/t12-/m0/s1. The molecule has 3 rings (SSSR count). The molecule has 1 atom stereocenters. The molecular formula is C19H19ClN2O4S2. The number of thioether (sulfide) groups is 1. The van der Waals surface area contributed by atoms with Crippen LogP contribution in [-0.4, -0.2) is 31.2 Å².